The maximum Gasteiger partial charge on any atom is 0.217 e. The molecule has 2 amide bonds. The Kier molecular flexibility index (Phi) is 23.1. The highest BCUT2D eigenvalue weighted by molar-refractivity contribution is 5.90. The molecule has 8 fully saturated rings. The molecule has 29 nitrogen and oxygen atoms in total. The van der Waals surface area contributed by atoms with Crippen LogP contribution >= 0.6 is 0 Å². The number of aliphatic hydroxyl groups excluding tert-OH is 13. The van der Waals surface area contributed by atoms with Crippen molar-refractivity contribution in [3.8, 4) is 0 Å². The highest BCUT2D eigenvalue weighted by Crippen LogP contribution is 2.64. The lowest BCUT2D eigenvalue weighted by Crippen LogP contribution is -2.68. The van der Waals surface area contributed by atoms with E-state index in [-0.39, 0.29) is 29.0 Å². The Hall–Kier alpha value is -3.29. The third-order valence-corrected chi connectivity index (χ3v) is 20.8. The van der Waals surface area contributed by atoms with Crippen LogP contribution in [0.2, 0.25) is 0 Å². The molecule has 91 heavy (non-hydrogen) atoms. The van der Waals surface area contributed by atoms with E-state index in [2.05, 4.69) is 51.3 Å². The number of amides is 2. The molecule has 2 saturated carbocycles. The van der Waals surface area contributed by atoms with E-state index in [0.29, 0.717) is 32.1 Å². The van der Waals surface area contributed by atoms with Gasteiger partial charge in [0, 0.05) is 32.1 Å². The number of rotatable bonds is 20. The minimum Gasteiger partial charge on any atom is -0.466 e. The second kappa shape index (κ2) is 29.2. The molecule has 30 atom stereocenters. The maximum atomic E-state index is 13.1. The molecule has 0 aromatic heterocycles. The number of hydrogen-bond acceptors (Lipinski definition) is 27. The van der Waals surface area contributed by atoms with E-state index >= 15 is 0 Å². The Bertz CT molecular complexity index is 2620. The van der Waals surface area contributed by atoms with Gasteiger partial charge in [0.05, 0.1) is 39.1 Å². The average Bonchev–Trinajstić information content (AvgIpc) is 1.68. The van der Waals surface area contributed by atoms with E-state index in [4.69, 9.17) is 52.1 Å². The van der Waals surface area contributed by atoms with Crippen LogP contribution in [0.25, 0.3) is 0 Å². The number of aliphatic hydroxyl groups is 13. The van der Waals surface area contributed by atoms with Gasteiger partial charge in [0.1, 0.15) is 127 Å². The molecule has 518 valence electrons. The van der Waals surface area contributed by atoms with Gasteiger partial charge in [-0.1, -0.05) is 40.2 Å². The Morgan fingerprint density at radius 1 is 0.604 bits per heavy atom. The molecule has 9 rings (SSSR count). The van der Waals surface area contributed by atoms with Crippen molar-refractivity contribution < 1.29 is 133 Å². The largest absolute Gasteiger partial charge is 0.466 e. The van der Waals surface area contributed by atoms with Gasteiger partial charge in [0.15, 0.2) is 37.2 Å². The molecule has 0 aromatic rings. The molecule has 15 unspecified atom stereocenters. The zero-order valence-corrected chi connectivity index (χ0v) is 53.0. The lowest BCUT2D eigenvalue weighted by molar-refractivity contribution is -0.379. The Morgan fingerprint density at radius 3 is 1.75 bits per heavy atom. The molecular weight excluding hydrogens is 1200 g/mol. The van der Waals surface area contributed by atoms with Gasteiger partial charge in [0.2, 0.25) is 11.8 Å². The Labute approximate surface area is 528 Å². The molecule has 9 aliphatic rings. The highest BCUT2D eigenvalue weighted by atomic mass is 16.8. The number of carbonyl (C=O) groups excluding carboxylic acids is 3. The molecule has 2 aliphatic carbocycles. The van der Waals surface area contributed by atoms with E-state index in [1.807, 2.05) is 13.8 Å². The minimum atomic E-state index is -2.00. The van der Waals surface area contributed by atoms with Crippen molar-refractivity contribution in [2.24, 2.45) is 34.0 Å². The smallest absolute Gasteiger partial charge is 0.217 e. The van der Waals surface area contributed by atoms with E-state index < -0.39 is 209 Å². The summed E-state index contributed by atoms with van der Waals surface area (Å²) in [5, 5.41) is 147. The third-order valence-electron chi connectivity index (χ3n) is 20.8. The molecule has 0 spiro atoms. The lowest BCUT2D eigenvalue weighted by Gasteiger charge is -2.55. The van der Waals surface area contributed by atoms with Crippen LogP contribution in [0, 0.1) is 34.0 Å². The summed E-state index contributed by atoms with van der Waals surface area (Å²) in [5.41, 5.74) is 0.881. The predicted octanol–water partition coefficient (Wildman–Crippen LogP) is -2.83. The number of ether oxygens (including phenoxy) is 11. The second-order valence-electron chi connectivity index (χ2n) is 27.7. The summed E-state index contributed by atoms with van der Waals surface area (Å²) >= 11 is 0. The van der Waals surface area contributed by atoms with Crippen LogP contribution in [0.15, 0.2) is 34.8 Å². The third kappa shape index (κ3) is 14.6. The Balaban J connectivity index is 0.994. The van der Waals surface area contributed by atoms with Crippen molar-refractivity contribution in [2.45, 2.75) is 267 Å². The highest BCUT2D eigenvalue weighted by Gasteiger charge is 2.60. The van der Waals surface area contributed by atoms with Crippen molar-refractivity contribution in [1.29, 1.82) is 0 Å². The van der Waals surface area contributed by atoms with Gasteiger partial charge in [-0.2, -0.15) is 0 Å². The monoisotopic (exact) mass is 1300 g/mol. The van der Waals surface area contributed by atoms with Gasteiger partial charge >= 0.3 is 0 Å². The first-order valence-corrected chi connectivity index (χ1v) is 31.8. The van der Waals surface area contributed by atoms with Crippen LogP contribution in [-0.4, -0.2) is 270 Å². The van der Waals surface area contributed by atoms with Gasteiger partial charge in [-0.15, -0.1) is 0 Å². The molecular formula is C62H98N2O27. The summed E-state index contributed by atoms with van der Waals surface area (Å²) in [5.74, 6) is 0.921. The number of allylic oxidation sites excluding steroid dienone is 6. The maximum absolute atomic E-state index is 13.1. The van der Waals surface area contributed by atoms with Crippen LogP contribution in [0.5, 0.6) is 0 Å². The minimum absolute atomic E-state index is 0.0692. The van der Waals surface area contributed by atoms with Gasteiger partial charge in [-0.3, -0.25) is 14.4 Å². The van der Waals surface area contributed by atoms with E-state index in [1.54, 1.807) is 6.08 Å². The van der Waals surface area contributed by atoms with Crippen molar-refractivity contribution in [1.82, 2.24) is 10.6 Å². The fourth-order valence-corrected chi connectivity index (χ4v) is 15.9. The van der Waals surface area contributed by atoms with Crippen molar-refractivity contribution >= 4 is 17.6 Å². The fraction of sp³-hybridized carbons (Fsp3) is 0.855. The van der Waals surface area contributed by atoms with Crippen LogP contribution in [0.3, 0.4) is 0 Å². The van der Waals surface area contributed by atoms with E-state index in [9.17, 15) is 80.8 Å². The second-order valence-corrected chi connectivity index (χ2v) is 27.7. The SMILES string of the molecule is CC(=O)NC1C(O)[C@H](O)C(CO[C@@H]2OC(CO)[C@@H](O)C(O)C2O[C@@H]2OC(CO)[C@@H](O)C(O)C2O)O[C@H]1OC1C(O)[C@H](O[C@@H]2OC(CO)[C@H](O)C(O)C2NC(C)=O)CO[C@H]1O[C@H]1CC[C@]2(C)C3=CC[C@@]4(C)C(=C(CC[C@H]2C1(C)C)O3)CC[C@@H]4C(C)CC(=O)C=C(C)C. The van der Waals surface area contributed by atoms with Crippen molar-refractivity contribution in [2.75, 3.05) is 33.0 Å². The zero-order chi connectivity index (χ0) is 66.5. The molecule has 29 heteroatoms. The fourth-order valence-electron chi connectivity index (χ4n) is 15.9. The van der Waals surface area contributed by atoms with Gasteiger partial charge in [0.25, 0.3) is 0 Å². The molecule has 6 saturated heterocycles. The summed E-state index contributed by atoms with van der Waals surface area (Å²) in [7, 11) is 0. The summed E-state index contributed by atoms with van der Waals surface area (Å²) < 4.78 is 68.9. The molecule has 7 heterocycles. The van der Waals surface area contributed by atoms with Gasteiger partial charge in [-0.25, -0.2) is 0 Å². The number of fused-ring (bicyclic) bond motifs is 5. The first-order valence-electron chi connectivity index (χ1n) is 31.8. The number of nitrogens with one attached hydrogen (secondary N) is 2. The lowest BCUT2D eigenvalue weighted by atomic mass is 9.53. The number of carbonyl (C=O) groups is 3. The summed E-state index contributed by atoms with van der Waals surface area (Å²) in [6.07, 6.45) is -30.0. The summed E-state index contributed by atoms with van der Waals surface area (Å²) in [6.45, 7) is 13.2. The Morgan fingerprint density at radius 2 is 1.14 bits per heavy atom. The van der Waals surface area contributed by atoms with E-state index in [1.165, 1.54) is 5.57 Å². The zero-order valence-electron chi connectivity index (χ0n) is 53.0. The quantitative estimate of drug-likeness (QED) is 0.0546. The number of hydrogen-bond donors (Lipinski definition) is 15. The summed E-state index contributed by atoms with van der Waals surface area (Å²) in [4.78, 5) is 38.5. The van der Waals surface area contributed by atoms with Crippen LogP contribution in [0.4, 0.5) is 0 Å². The van der Waals surface area contributed by atoms with Crippen molar-refractivity contribution in [3.63, 3.8) is 0 Å². The van der Waals surface area contributed by atoms with Gasteiger partial charge < -0.3 is 129 Å². The number of ketones is 1. The predicted molar refractivity (Wildman–Crippen MR) is 310 cm³/mol. The first-order chi connectivity index (χ1) is 42.9. The first kappa shape index (κ1) is 72.0. The molecule has 7 aliphatic heterocycles. The van der Waals surface area contributed by atoms with Gasteiger partial charge in [-0.05, 0) is 98.7 Å². The van der Waals surface area contributed by atoms with E-state index in [0.717, 1.165) is 50.2 Å². The summed E-state index contributed by atoms with van der Waals surface area (Å²) in [6, 6.07) is -3.09. The standard InChI is InChI=1S/C62H98N2O27/c1-25(2)18-29(70)19-26(3)30-10-11-31-32-12-13-38-60(6,7)39(14-17-62(38,9)40(83-32)15-16-61(30,31)8)89-59-53(47(75)37(24-82-59)88-55-41(63-27(4)68)48(76)43(71)33(20-65)84-55)90-56-42(64-28(5)69)49(77)46(74)36(87-56)23-81-58-54(51(79)45(73)35(22-67)86-58)91-57-52(80)50(78)44(72)34(21-66)85-57/h15,18,26,30,33-39,41-59,65-67,71-80H,10-14,16-17,19-24H2,1-9H3,(H,63,68)(H,64,69)/t26?,30-,33?,34?,35?,36?,37-,38+,39+,41?,42?,43+,44-,45-,46-,47?,48?,49?,50?,51?,52?,53?,54?,55+,56+,57+,58-,59+,61-,62+/m1/s1. The van der Waals surface area contributed by atoms with Crippen LogP contribution < -0.4 is 10.6 Å². The average molecular weight is 1300 g/mol. The molecule has 0 radical (unpaired) electrons. The topological polar surface area (TPSA) is 440 Å². The molecule has 0 aromatic carbocycles. The molecule has 2 bridgehead atoms. The van der Waals surface area contributed by atoms with Crippen molar-refractivity contribution in [3.05, 3.63) is 34.8 Å². The molecule has 15 N–H and O–H groups in total. The van der Waals surface area contributed by atoms with Crippen LogP contribution in [0.1, 0.15) is 114 Å². The van der Waals surface area contributed by atoms with Crippen LogP contribution in [-0.2, 0) is 66.5 Å². The normalized spacial score (nSPS) is 46.0.